The smallest absolute Gasteiger partial charge is 0.122 e. The third kappa shape index (κ3) is 4.69. The van der Waals surface area contributed by atoms with Crippen LogP contribution < -0.4 is 10.1 Å². The van der Waals surface area contributed by atoms with Crippen LogP contribution in [0.1, 0.15) is 39.7 Å². The summed E-state index contributed by atoms with van der Waals surface area (Å²) in [6, 6.07) is 8.96. The van der Waals surface area contributed by atoms with Crippen LogP contribution in [0, 0.1) is 5.92 Å². The van der Waals surface area contributed by atoms with Crippen LogP contribution in [0.3, 0.4) is 0 Å². The lowest BCUT2D eigenvalue weighted by atomic mass is 9.96. The van der Waals surface area contributed by atoms with Crippen LogP contribution in [-0.4, -0.2) is 19.2 Å². The summed E-state index contributed by atoms with van der Waals surface area (Å²) >= 11 is 0. The molecule has 0 heterocycles. The van der Waals surface area contributed by atoms with Crippen molar-refractivity contribution in [1.29, 1.82) is 0 Å². The van der Waals surface area contributed by atoms with Gasteiger partial charge in [-0.3, -0.25) is 0 Å². The number of ether oxygens (including phenoxy) is 1. The van der Waals surface area contributed by atoms with E-state index < -0.39 is 0 Å². The molecule has 1 unspecified atom stereocenters. The van der Waals surface area contributed by atoms with E-state index in [2.05, 4.69) is 44.3 Å². The van der Waals surface area contributed by atoms with Crippen LogP contribution in [0.5, 0.6) is 5.75 Å². The van der Waals surface area contributed by atoms with Gasteiger partial charge in [0.2, 0.25) is 0 Å². The maximum atomic E-state index is 5.67. The number of hydrogen-bond acceptors (Lipinski definition) is 2. The molecule has 0 aliphatic heterocycles. The number of para-hydroxylation sites is 1. The van der Waals surface area contributed by atoms with E-state index in [0.717, 1.165) is 31.7 Å². The minimum absolute atomic E-state index is 0.588. The summed E-state index contributed by atoms with van der Waals surface area (Å²) in [5.41, 5.74) is 1.32. The third-order valence-electron chi connectivity index (χ3n) is 3.27. The maximum Gasteiger partial charge on any atom is 0.122 e. The van der Waals surface area contributed by atoms with Crippen LogP contribution in [0.2, 0.25) is 0 Å². The fourth-order valence-electron chi connectivity index (χ4n) is 2.25. The zero-order valence-electron chi connectivity index (χ0n) is 12.2. The van der Waals surface area contributed by atoms with E-state index in [4.69, 9.17) is 4.74 Å². The molecule has 1 aromatic carbocycles. The molecule has 0 bridgehead atoms. The van der Waals surface area contributed by atoms with Gasteiger partial charge in [-0.1, -0.05) is 39.0 Å². The molecular formula is C16H27NO. The summed E-state index contributed by atoms with van der Waals surface area (Å²) in [4.78, 5) is 0. The van der Waals surface area contributed by atoms with Gasteiger partial charge in [0.05, 0.1) is 6.61 Å². The van der Waals surface area contributed by atoms with Gasteiger partial charge in [0.15, 0.2) is 0 Å². The highest BCUT2D eigenvalue weighted by Gasteiger charge is 2.13. The largest absolute Gasteiger partial charge is 0.494 e. The summed E-state index contributed by atoms with van der Waals surface area (Å²) in [5, 5.41) is 3.56. The molecule has 102 valence electrons. The van der Waals surface area contributed by atoms with E-state index in [1.807, 2.05) is 13.0 Å². The first-order chi connectivity index (χ1) is 8.69. The summed E-state index contributed by atoms with van der Waals surface area (Å²) in [6.07, 6.45) is 2.24. The van der Waals surface area contributed by atoms with Gasteiger partial charge < -0.3 is 10.1 Å². The SMILES string of the molecule is CCNC(CCc1ccccc1OCC)C(C)C. The normalized spacial score (nSPS) is 12.7. The zero-order chi connectivity index (χ0) is 13.4. The van der Waals surface area contributed by atoms with Crippen molar-refractivity contribution in [3.8, 4) is 5.75 Å². The molecule has 0 fully saturated rings. The predicted molar refractivity (Wildman–Crippen MR) is 78.2 cm³/mol. The molecular weight excluding hydrogens is 222 g/mol. The molecule has 0 aliphatic rings. The molecule has 1 aromatic rings. The molecule has 2 heteroatoms. The number of benzene rings is 1. The van der Waals surface area contributed by atoms with Crippen LogP contribution in [0.15, 0.2) is 24.3 Å². The number of hydrogen-bond donors (Lipinski definition) is 1. The van der Waals surface area contributed by atoms with Crippen LogP contribution in [0.4, 0.5) is 0 Å². The summed E-state index contributed by atoms with van der Waals surface area (Å²) in [6.45, 7) is 10.5. The number of aryl methyl sites for hydroxylation is 1. The second-order valence-corrected chi connectivity index (χ2v) is 4.99. The van der Waals surface area contributed by atoms with E-state index >= 15 is 0 Å². The molecule has 18 heavy (non-hydrogen) atoms. The van der Waals surface area contributed by atoms with Crippen molar-refractivity contribution in [3.63, 3.8) is 0 Å². The van der Waals surface area contributed by atoms with Gasteiger partial charge >= 0.3 is 0 Å². The van der Waals surface area contributed by atoms with Gasteiger partial charge in [0.1, 0.15) is 5.75 Å². The number of rotatable bonds is 8. The third-order valence-corrected chi connectivity index (χ3v) is 3.27. The lowest BCUT2D eigenvalue weighted by Crippen LogP contribution is -2.34. The Hall–Kier alpha value is -1.02. The molecule has 0 saturated heterocycles. The predicted octanol–water partition coefficient (Wildman–Crippen LogP) is 3.65. The molecule has 1 N–H and O–H groups in total. The second-order valence-electron chi connectivity index (χ2n) is 4.99. The lowest BCUT2D eigenvalue weighted by molar-refractivity contribution is 0.333. The Kier molecular flexibility index (Phi) is 6.81. The lowest BCUT2D eigenvalue weighted by Gasteiger charge is -2.22. The molecule has 0 saturated carbocycles. The van der Waals surface area contributed by atoms with Crippen molar-refractivity contribution in [2.45, 2.75) is 46.6 Å². The molecule has 0 aromatic heterocycles. The summed E-state index contributed by atoms with van der Waals surface area (Å²) < 4.78 is 5.67. The quantitative estimate of drug-likeness (QED) is 0.759. The van der Waals surface area contributed by atoms with Gasteiger partial charge in [-0.05, 0) is 43.9 Å². The van der Waals surface area contributed by atoms with E-state index in [-0.39, 0.29) is 0 Å². The Labute approximate surface area is 112 Å². The Balaban J connectivity index is 2.60. The van der Waals surface area contributed by atoms with Gasteiger partial charge in [0.25, 0.3) is 0 Å². The highest BCUT2D eigenvalue weighted by molar-refractivity contribution is 5.33. The van der Waals surface area contributed by atoms with Crippen molar-refractivity contribution in [3.05, 3.63) is 29.8 Å². The van der Waals surface area contributed by atoms with Crippen molar-refractivity contribution < 1.29 is 4.74 Å². The highest BCUT2D eigenvalue weighted by Crippen LogP contribution is 2.21. The molecule has 0 spiro atoms. The second kappa shape index (κ2) is 8.15. The van der Waals surface area contributed by atoms with E-state index in [9.17, 15) is 0 Å². The zero-order valence-corrected chi connectivity index (χ0v) is 12.2. The average Bonchev–Trinajstić information content (AvgIpc) is 2.36. The van der Waals surface area contributed by atoms with Crippen LogP contribution >= 0.6 is 0 Å². The minimum Gasteiger partial charge on any atom is -0.494 e. The fraction of sp³-hybridized carbons (Fsp3) is 0.625. The molecule has 1 atom stereocenters. The van der Waals surface area contributed by atoms with Gasteiger partial charge in [-0.15, -0.1) is 0 Å². The van der Waals surface area contributed by atoms with E-state index in [1.54, 1.807) is 0 Å². The molecule has 0 amide bonds. The topological polar surface area (TPSA) is 21.3 Å². The Bertz CT molecular complexity index is 336. The van der Waals surface area contributed by atoms with Crippen molar-refractivity contribution in [2.75, 3.05) is 13.2 Å². The average molecular weight is 249 g/mol. The monoisotopic (exact) mass is 249 g/mol. The van der Waals surface area contributed by atoms with Gasteiger partial charge in [-0.2, -0.15) is 0 Å². The maximum absolute atomic E-state index is 5.67. The highest BCUT2D eigenvalue weighted by atomic mass is 16.5. The molecule has 1 rings (SSSR count). The Morgan fingerprint density at radius 2 is 1.89 bits per heavy atom. The van der Waals surface area contributed by atoms with Gasteiger partial charge in [0, 0.05) is 6.04 Å². The first-order valence-corrected chi connectivity index (χ1v) is 7.13. The molecule has 0 aliphatic carbocycles. The Morgan fingerprint density at radius 3 is 2.50 bits per heavy atom. The van der Waals surface area contributed by atoms with Crippen molar-refractivity contribution >= 4 is 0 Å². The first kappa shape index (κ1) is 15.0. The fourth-order valence-corrected chi connectivity index (χ4v) is 2.25. The van der Waals surface area contributed by atoms with Crippen LogP contribution in [0.25, 0.3) is 0 Å². The Morgan fingerprint density at radius 1 is 1.17 bits per heavy atom. The first-order valence-electron chi connectivity index (χ1n) is 7.13. The van der Waals surface area contributed by atoms with Crippen molar-refractivity contribution in [2.24, 2.45) is 5.92 Å². The summed E-state index contributed by atoms with van der Waals surface area (Å²) in [7, 11) is 0. The minimum atomic E-state index is 0.588. The number of nitrogens with one attached hydrogen (secondary N) is 1. The summed E-state index contributed by atoms with van der Waals surface area (Å²) in [5.74, 6) is 1.71. The van der Waals surface area contributed by atoms with E-state index in [1.165, 1.54) is 5.56 Å². The molecule has 0 radical (unpaired) electrons. The standard InChI is InChI=1S/C16H27NO/c1-5-17-15(13(3)4)12-11-14-9-7-8-10-16(14)18-6-2/h7-10,13,15,17H,5-6,11-12H2,1-4H3. The van der Waals surface area contributed by atoms with Crippen molar-refractivity contribution in [1.82, 2.24) is 5.32 Å². The van der Waals surface area contributed by atoms with Gasteiger partial charge in [-0.25, -0.2) is 0 Å². The molecule has 2 nitrogen and oxygen atoms in total. The van der Waals surface area contributed by atoms with E-state index in [0.29, 0.717) is 12.0 Å². The van der Waals surface area contributed by atoms with Crippen LogP contribution in [-0.2, 0) is 6.42 Å².